The van der Waals surface area contributed by atoms with Crippen LogP contribution in [-0.2, 0) is 28.7 Å². The Labute approximate surface area is 245 Å². The minimum absolute atomic E-state index is 0.0974. The van der Waals surface area contributed by atoms with Gasteiger partial charge in [-0.3, -0.25) is 19.2 Å². The van der Waals surface area contributed by atoms with Crippen LogP contribution in [0.25, 0.3) is 0 Å². The van der Waals surface area contributed by atoms with Gasteiger partial charge >= 0.3 is 5.97 Å². The van der Waals surface area contributed by atoms with Gasteiger partial charge in [-0.05, 0) is 44.7 Å². The minimum Gasteiger partial charge on any atom is -0.460 e. The summed E-state index contributed by atoms with van der Waals surface area (Å²) < 4.78 is 12.1. The van der Waals surface area contributed by atoms with Gasteiger partial charge < -0.3 is 29.7 Å². The van der Waals surface area contributed by atoms with Crippen molar-refractivity contribution in [2.45, 2.75) is 63.4 Å². The number of β-amino-alcohol motifs (C(OH)–C–C–N with tert-alkyl or cyclic N) is 1. The number of amides is 3. The monoisotopic (exact) mass is 587 g/mol. The molecular formula is C30H38ClN3O7. The number of hydrogen-bond donors (Lipinski definition) is 2. The number of nitrogens with zero attached hydrogens (tertiary/aromatic N) is 2. The molecule has 3 heterocycles. The second kappa shape index (κ2) is 12.8. The van der Waals surface area contributed by atoms with Crippen LogP contribution in [0.3, 0.4) is 0 Å². The standard InChI is InChI=1S/C30H38ClN3O7/c1-5-7-11-22(36)32-17-19(4)40-29(39)23-21-12-13-30(41-21)24(23)27(37)34(15-16-35)26(30)28(38)33(14-6-2)25-18(3)9-8-10-20(25)31/h5-6,8-10,19,21,23-24,26,35H,1-2,7,11-17H2,3-4H3,(H,32,36)/t19-,21-,23+,24+,26-,30+/m1/s1. The summed E-state index contributed by atoms with van der Waals surface area (Å²) in [5, 5.41) is 12.9. The van der Waals surface area contributed by atoms with Crippen molar-refractivity contribution in [1.82, 2.24) is 10.2 Å². The molecular weight excluding hydrogens is 550 g/mol. The Balaban J connectivity index is 1.61. The van der Waals surface area contributed by atoms with Crippen LogP contribution in [-0.4, -0.2) is 83.8 Å². The Morgan fingerprint density at radius 1 is 1.34 bits per heavy atom. The van der Waals surface area contributed by atoms with Crippen LogP contribution in [0.15, 0.2) is 43.5 Å². The number of fused-ring (bicyclic) bond motifs is 1. The van der Waals surface area contributed by atoms with Crippen molar-refractivity contribution in [2.75, 3.05) is 31.1 Å². The van der Waals surface area contributed by atoms with Crippen molar-refractivity contribution < 1.29 is 33.8 Å². The summed E-state index contributed by atoms with van der Waals surface area (Å²) in [4.78, 5) is 56.5. The molecule has 6 atom stereocenters. The first-order chi connectivity index (χ1) is 19.6. The van der Waals surface area contributed by atoms with Gasteiger partial charge in [-0.25, -0.2) is 0 Å². The molecule has 0 aromatic heterocycles. The van der Waals surface area contributed by atoms with Crippen LogP contribution in [0, 0.1) is 18.8 Å². The first-order valence-corrected chi connectivity index (χ1v) is 14.3. The predicted molar refractivity (Wildman–Crippen MR) is 153 cm³/mol. The molecule has 3 fully saturated rings. The molecule has 0 aliphatic carbocycles. The molecule has 3 saturated heterocycles. The number of likely N-dealkylation sites (tertiary alicyclic amines) is 1. The first-order valence-electron chi connectivity index (χ1n) is 14.0. The van der Waals surface area contributed by atoms with Crippen molar-refractivity contribution >= 4 is 41.0 Å². The van der Waals surface area contributed by atoms with Gasteiger partial charge in [0, 0.05) is 19.5 Å². The van der Waals surface area contributed by atoms with Crippen LogP contribution in [0.4, 0.5) is 5.69 Å². The number of nitrogens with one attached hydrogen (secondary N) is 1. The van der Waals surface area contributed by atoms with E-state index in [1.807, 2.05) is 13.0 Å². The summed E-state index contributed by atoms with van der Waals surface area (Å²) in [6.07, 6.45) is 3.69. The van der Waals surface area contributed by atoms with Crippen molar-refractivity contribution in [1.29, 1.82) is 0 Å². The van der Waals surface area contributed by atoms with Crippen molar-refractivity contribution in [2.24, 2.45) is 11.8 Å². The summed E-state index contributed by atoms with van der Waals surface area (Å²) in [7, 11) is 0. The molecule has 0 unspecified atom stereocenters. The maximum absolute atomic E-state index is 14.4. The van der Waals surface area contributed by atoms with Gasteiger partial charge in [-0.1, -0.05) is 35.9 Å². The van der Waals surface area contributed by atoms with E-state index in [0.29, 0.717) is 30.0 Å². The Bertz CT molecular complexity index is 1200. The molecule has 0 saturated carbocycles. The number of anilines is 1. The molecule has 2 N–H and O–H groups in total. The molecule has 3 aliphatic rings. The molecule has 1 spiro atoms. The van der Waals surface area contributed by atoms with Crippen molar-refractivity contribution in [3.63, 3.8) is 0 Å². The number of allylic oxidation sites excluding steroid dienone is 1. The fourth-order valence-corrected chi connectivity index (χ4v) is 6.80. The van der Waals surface area contributed by atoms with E-state index in [1.165, 1.54) is 9.80 Å². The third-order valence-electron chi connectivity index (χ3n) is 8.16. The molecule has 0 radical (unpaired) electrons. The molecule has 11 heteroatoms. The lowest BCUT2D eigenvalue weighted by Gasteiger charge is -2.37. The van der Waals surface area contributed by atoms with E-state index in [9.17, 15) is 24.3 Å². The van der Waals surface area contributed by atoms with Crippen LogP contribution in [0.2, 0.25) is 5.02 Å². The maximum Gasteiger partial charge on any atom is 0.312 e. The average molecular weight is 588 g/mol. The van der Waals surface area contributed by atoms with E-state index in [2.05, 4.69) is 18.5 Å². The Morgan fingerprint density at radius 2 is 2.10 bits per heavy atom. The number of carbonyl (C=O) groups is 4. The Kier molecular flexibility index (Phi) is 9.56. The van der Waals surface area contributed by atoms with E-state index in [1.54, 1.807) is 31.2 Å². The summed E-state index contributed by atoms with van der Waals surface area (Å²) in [5.41, 5.74) is 0.0141. The average Bonchev–Trinajstić information content (AvgIpc) is 3.57. The predicted octanol–water partition coefficient (Wildman–Crippen LogP) is 2.55. The largest absolute Gasteiger partial charge is 0.460 e. The number of aliphatic hydroxyl groups is 1. The lowest BCUT2D eigenvalue weighted by molar-refractivity contribution is -0.159. The highest BCUT2D eigenvalue weighted by Crippen LogP contribution is 2.59. The lowest BCUT2D eigenvalue weighted by atomic mass is 9.70. The molecule has 10 nitrogen and oxygen atoms in total. The molecule has 4 rings (SSSR count). The highest BCUT2D eigenvalue weighted by atomic mass is 35.5. The van der Waals surface area contributed by atoms with Crippen LogP contribution < -0.4 is 10.2 Å². The normalized spacial score (nSPS) is 26.8. The highest BCUT2D eigenvalue weighted by molar-refractivity contribution is 6.34. The first kappa shape index (κ1) is 30.7. The zero-order valence-corrected chi connectivity index (χ0v) is 24.3. The van der Waals surface area contributed by atoms with E-state index in [-0.39, 0.29) is 38.6 Å². The number of esters is 1. The van der Waals surface area contributed by atoms with E-state index < -0.39 is 53.5 Å². The second-order valence-corrected chi connectivity index (χ2v) is 11.2. The van der Waals surface area contributed by atoms with Crippen LogP contribution >= 0.6 is 11.6 Å². The smallest absolute Gasteiger partial charge is 0.312 e. The molecule has 3 aliphatic heterocycles. The zero-order valence-electron chi connectivity index (χ0n) is 23.5. The second-order valence-electron chi connectivity index (χ2n) is 10.8. The summed E-state index contributed by atoms with van der Waals surface area (Å²) in [6, 6.07) is 4.23. The van der Waals surface area contributed by atoms with E-state index in [0.717, 1.165) is 5.56 Å². The SMILES string of the molecule is C=CCCC(=O)NC[C@@H](C)OC(=O)[C@@H]1[C@H]2C(=O)N(CCO)[C@H](C(=O)N(CC=C)c3c(C)cccc3Cl)[C@]23CC[C@H]1O3. The molecule has 41 heavy (non-hydrogen) atoms. The number of carbonyl (C=O) groups excluding carboxylic acids is 4. The van der Waals surface area contributed by atoms with E-state index in [4.69, 9.17) is 21.1 Å². The van der Waals surface area contributed by atoms with E-state index >= 15 is 0 Å². The quantitative estimate of drug-likeness (QED) is 0.268. The number of para-hydroxylation sites is 1. The van der Waals surface area contributed by atoms with Gasteiger partial charge in [-0.15, -0.1) is 13.2 Å². The number of hydrogen-bond acceptors (Lipinski definition) is 7. The van der Waals surface area contributed by atoms with Crippen LogP contribution in [0.5, 0.6) is 0 Å². The minimum atomic E-state index is -1.26. The number of aliphatic hydroxyl groups excluding tert-OH is 1. The third-order valence-corrected chi connectivity index (χ3v) is 8.47. The van der Waals surface area contributed by atoms with Gasteiger partial charge in [0.05, 0.1) is 41.8 Å². The summed E-state index contributed by atoms with van der Waals surface area (Å²) in [6.45, 7) is 10.7. The van der Waals surface area contributed by atoms with Gasteiger partial charge in [0.2, 0.25) is 11.8 Å². The van der Waals surface area contributed by atoms with Gasteiger partial charge in [0.1, 0.15) is 17.7 Å². The number of rotatable bonds is 13. The topological polar surface area (TPSA) is 125 Å². The van der Waals surface area contributed by atoms with Gasteiger partial charge in [0.25, 0.3) is 5.91 Å². The Morgan fingerprint density at radius 3 is 2.76 bits per heavy atom. The fraction of sp³-hybridized carbons (Fsp3) is 0.533. The van der Waals surface area contributed by atoms with Gasteiger partial charge in [0.15, 0.2) is 0 Å². The Hall–Kier alpha value is -3.21. The van der Waals surface area contributed by atoms with Gasteiger partial charge in [-0.2, -0.15) is 0 Å². The maximum atomic E-state index is 14.4. The molecule has 1 aromatic rings. The molecule has 2 bridgehead atoms. The highest BCUT2D eigenvalue weighted by Gasteiger charge is 2.75. The number of aryl methyl sites for hydroxylation is 1. The lowest BCUT2D eigenvalue weighted by Crippen LogP contribution is -2.57. The molecule has 222 valence electrons. The zero-order chi connectivity index (χ0) is 29.9. The third kappa shape index (κ3) is 5.65. The summed E-state index contributed by atoms with van der Waals surface area (Å²) >= 11 is 6.54. The van der Waals surface area contributed by atoms with Crippen molar-refractivity contribution in [3.8, 4) is 0 Å². The number of ether oxygens (including phenoxy) is 2. The number of benzene rings is 1. The van der Waals surface area contributed by atoms with Crippen molar-refractivity contribution in [3.05, 3.63) is 54.1 Å². The molecule has 1 aromatic carbocycles. The number of halogens is 1. The van der Waals surface area contributed by atoms with Crippen LogP contribution in [0.1, 0.15) is 38.2 Å². The summed E-state index contributed by atoms with van der Waals surface area (Å²) in [5.74, 6) is -3.49. The fourth-order valence-electron chi connectivity index (χ4n) is 6.48. The molecule has 3 amide bonds.